The number of carbonyl (C=O) groups is 2. The van der Waals surface area contributed by atoms with Crippen LogP contribution in [0.1, 0.15) is 30.3 Å². The molecule has 0 saturated carbocycles. The first-order valence-electron chi connectivity index (χ1n) is 9.99. The zero-order valence-corrected chi connectivity index (χ0v) is 18.6. The Morgan fingerprint density at radius 1 is 1.20 bits per heavy atom. The van der Waals surface area contributed by atoms with E-state index in [0.717, 1.165) is 4.88 Å². The Morgan fingerprint density at radius 3 is 2.47 bits per heavy atom. The largest absolute Gasteiger partial charge is 0.507 e. The van der Waals surface area contributed by atoms with Crippen LogP contribution >= 0.6 is 11.3 Å². The van der Waals surface area contributed by atoms with Gasteiger partial charge in [0, 0.05) is 23.5 Å². The predicted molar refractivity (Wildman–Crippen MR) is 119 cm³/mol. The minimum absolute atomic E-state index is 0.136. The Bertz CT molecular complexity index is 917. The van der Waals surface area contributed by atoms with Crippen molar-refractivity contribution in [3.8, 4) is 5.75 Å². The zero-order valence-electron chi connectivity index (χ0n) is 17.8. The first-order valence-corrected chi connectivity index (χ1v) is 10.9. The molecule has 1 fully saturated rings. The van der Waals surface area contributed by atoms with Gasteiger partial charge in [-0.1, -0.05) is 19.9 Å². The predicted octanol–water partition coefficient (Wildman–Crippen LogP) is 3.77. The van der Waals surface area contributed by atoms with Gasteiger partial charge in [-0.05, 0) is 55.7 Å². The van der Waals surface area contributed by atoms with Crippen LogP contribution in [0.4, 0.5) is 0 Å². The third kappa shape index (κ3) is 4.74. The van der Waals surface area contributed by atoms with E-state index in [1.165, 1.54) is 11.3 Å². The summed E-state index contributed by atoms with van der Waals surface area (Å²) in [5, 5.41) is 12.9. The number of ether oxygens (including phenoxy) is 1. The number of carbonyl (C=O) groups excluding carboxylic acids is 2. The molecule has 30 heavy (non-hydrogen) atoms. The lowest BCUT2D eigenvalue weighted by Crippen LogP contribution is -2.35. The van der Waals surface area contributed by atoms with Gasteiger partial charge in [0.2, 0.25) is 0 Å². The molecule has 1 amide bonds. The molecule has 0 bridgehead atoms. The van der Waals surface area contributed by atoms with Gasteiger partial charge in [0.05, 0.1) is 18.2 Å². The summed E-state index contributed by atoms with van der Waals surface area (Å²) < 4.78 is 5.69. The molecule has 160 valence electrons. The summed E-state index contributed by atoms with van der Waals surface area (Å²) >= 11 is 1.47. The number of amides is 1. The number of ketones is 1. The van der Waals surface area contributed by atoms with Crippen LogP contribution < -0.4 is 4.74 Å². The van der Waals surface area contributed by atoms with E-state index in [2.05, 4.69) is 13.8 Å². The molecule has 0 radical (unpaired) electrons. The lowest BCUT2D eigenvalue weighted by atomic mass is 10.00. The second-order valence-electron chi connectivity index (χ2n) is 8.04. The molecule has 2 aromatic rings. The molecule has 1 atom stereocenters. The topological polar surface area (TPSA) is 70.1 Å². The minimum atomic E-state index is -0.648. The van der Waals surface area contributed by atoms with E-state index in [0.29, 0.717) is 36.9 Å². The highest BCUT2D eigenvalue weighted by Gasteiger charge is 2.46. The van der Waals surface area contributed by atoms with Gasteiger partial charge in [-0.25, -0.2) is 0 Å². The molecule has 0 unspecified atom stereocenters. The smallest absolute Gasteiger partial charge is 0.295 e. The Balaban J connectivity index is 1.97. The summed E-state index contributed by atoms with van der Waals surface area (Å²) in [5.41, 5.74) is 0.621. The molecule has 6 nitrogen and oxygen atoms in total. The number of thiophene rings is 1. The van der Waals surface area contributed by atoms with E-state index in [1.807, 2.05) is 36.5 Å². The number of Topliss-reactive ketones (excluding diaryl/α,β-unsaturated/α-hetero) is 1. The van der Waals surface area contributed by atoms with Crippen LogP contribution in [0.15, 0.2) is 47.4 Å². The maximum Gasteiger partial charge on any atom is 0.295 e. The molecule has 1 N–H and O–H groups in total. The number of benzene rings is 1. The third-order valence-corrected chi connectivity index (χ3v) is 5.78. The fraction of sp³-hybridized carbons (Fsp3) is 0.391. The minimum Gasteiger partial charge on any atom is -0.507 e. The van der Waals surface area contributed by atoms with E-state index in [1.54, 1.807) is 29.2 Å². The summed E-state index contributed by atoms with van der Waals surface area (Å²) in [6.07, 6.45) is 0. The molecular formula is C23H28N2O4S. The van der Waals surface area contributed by atoms with Gasteiger partial charge >= 0.3 is 0 Å². The second kappa shape index (κ2) is 9.45. The number of aliphatic hydroxyl groups excluding tert-OH is 1. The highest BCUT2D eigenvalue weighted by Crippen LogP contribution is 2.41. The quantitative estimate of drug-likeness (QED) is 0.394. The molecule has 1 aliphatic rings. The fourth-order valence-corrected chi connectivity index (χ4v) is 4.13. The van der Waals surface area contributed by atoms with Crippen LogP contribution in [0.5, 0.6) is 5.75 Å². The summed E-state index contributed by atoms with van der Waals surface area (Å²) in [7, 11) is 3.83. The molecule has 1 saturated heterocycles. The van der Waals surface area contributed by atoms with Gasteiger partial charge in [0.1, 0.15) is 11.5 Å². The van der Waals surface area contributed by atoms with Crippen LogP contribution in [-0.4, -0.2) is 60.4 Å². The van der Waals surface area contributed by atoms with Gasteiger partial charge in [0.25, 0.3) is 11.7 Å². The van der Waals surface area contributed by atoms with Gasteiger partial charge in [-0.3, -0.25) is 9.59 Å². The van der Waals surface area contributed by atoms with E-state index in [9.17, 15) is 14.7 Å². The van der Waals surface area contributed by atoms with Crippen molar-refractivity contribution in [2.24, 2.45) is 5.92 Å². The standard InChI is InChI=1S/C23H28N2O4S/c1-15(2)14-29-17-9-7-16(8-10-17)21(26)19-20(18-6-5-13-30-18)25(12-11-24(3)4)23(28)22(19)27/h5-10,13,15,20,26H,11-12,14H2,1-4H3/t20-/m0/s1. The Labute approximate surface area is 181 Å². The maximum absolute atomic E-state index is 12.9. The van der Waals surface area contributed by atoms with Crippen LogP contribution in [0, 0.1) is 5.92 Å². The van der Waals surface area contributed by atoms with E-state index in [4.69, 9.17) is 4.74 Å². The van der Waals surface area contributed by atoms with Crippen LogP contribution in [-0.2, 0) is 9.59 Å². The molecule has 1 aliphatic heterocycles. The summed E-state index contributed by atoms with van der Waals surface area (Å²) in [6.45, 7) is 5.76. The SMILES string of the molecule is CC(C)COc1ccc(C(O)=C2C(=O)C(=O)N(CCN(C)C)[C@H]2c2cccs2)cc1. The number of nitrogens with zero attached hydrogens (tertiary/aromatic N) is 2. The lowest BCUT2D eigenvalue weighted by molar-refractivity contribution is -0.140. The van der Waals surface area contributed by atoms with Crippen molar-refractivity contribution in [1.82, 2.24) is 9.80 Å². The first kappa shape index (κ1) is 22.1. The molecule has 7 heteroatoms. The van der Waals surface area contributed by atoms with E-state index < -0.39 is 17.7 Å². The summed E-state index contributed by atoms with van der Waals surface area (Å²) in [6, 6.07) is 10.1. The number of hydrogen-bond acceptors (Lipinski definition) is 6. The van der Waals surface area contributed by atoms with Gasteiger partial charge < -0.3 is 19.6 Å². The van der Waals surface area contributed by atoms with Crippen molar-refractivity contribution >= 4 is 28.8 Å². The van der Waals surface area contributed by atoms with Crippen LogP contribution in [0.3, 0.4) is 0 Å². The monoisotopic (exact) mass is 428 g/mol. The van der Waals surface area contributed by atoms with Gasteiger partial charge in [-0.2, -0.15) is 0 Å². The van der Waals surface area contributed by atoms with Crippen molar-refractivity contribution in [2.75, 3.05) is 33.8 Å². The first-order chi connectivity index (χ1) is 14.3. The van der Waals surface area contributed by atoms with E-state index >= 15 is 0 Å². The van der Waals surface area contributed by atoms with Gasteiger partial charge in [0.15, 0.2) is 0 Å². The average molecular weight is 429 g/mol. The molecule has 1 aromatic heterocycles. The molecule has 2 heterocycles. The van der Waals surface area contributed by atoms with Crippen molar-refractivity contribution < 1.29 is 19.4 Å². The normalized spacial score (nSPS) is 18.6. The summed E-state index contributed by atoms with van der Waals surface area (Å²) in [4.78, 5) is 30.0. The molecule has 0 aliphatic carbocycles. The Kier molecular flexibility index (Phi) is 6.95. The second-order valence-corrected chi connectivity index (χ2v) is 9.02. The van der Waals surface area contributed by atoms with Gasteiger partial charge in [-0.15, -0.1) is 11.3 Å². The van der Waals surface area contributed by atoms with Crippen LogP contribution in [0.2, 0.25) is 0 Å². The fourth-order valence-electron chi connectivity index (χ4n) is 3.29. The number of likely N-dealkylation sites (tertiary alicyclic amines) is 1. The molecule has 1 aromatic carbocycles. The number of hydrogen-bond donors (Lipinski definition) is 1. The molecule has 3 rings (SSSR count). The Hall–Kier alpha value is -2.64. The van der Waals surface area contributed by atoms with Crippen molar-refractivity contribution in [3.05, 3.63) is 57.8 Å². The summed E-state index contributed by atoms with van der Waals surface area (Å²) in [5.74, 6) is -0.281. The van der Waals surface area contributed by atoms with Crippen molar-refractivity contribution in [2.45, 2.75) is 19.9 Å². The third-order valence-electron chi connectivity index (χ3n) is 4.85. The highest BCUT2D eigenvalue weighted by molar-refractivity contribution is 7.10. The number of likely N-dealkylation sites (N-methyl/N-ethyl adjacent to an activating group) is 1. The van der Waals surface area contributed by atoms with E-state index in [-0.39, 0.29) is 11.3 Å². The average Bonchev–Trinajstić information content (AvgIpc) is 3.32. The number of rotatable bonds is 8. The number of aliphatic hydroxyl groups is 1. The zero-order chi connectivity index (χ0) is 21.8. The van der Waals surface area contributed by atoms with Crippen LogP contribution in [0.25, 0.3) is 5.76 Å². The molecular weight excluding hydrogens is 400 g/mol. The lowest BCUT2D eigenvalue weighted by Gasteiger charge is -2.25. The van der Waals surface area contributed by atoms with Crippen molar-refractivity contribution in [1.29, 1.82) is 0 Å². The molecule has 0 spiro atoms. The Morgan fingerprint density at radius 2 is 1.90 bits per heavy atom. The van der Waals surface area contributed by atoms with Crippen molar-refractivity contribution in [3.63, 3.8) is 0 Å². The highest BCUT2D eigenvalue weighted by atomic mass is 32.1. The maximum atomic E-state index is 12.9.